The third-order valence-electron chi connectivity index (χ3n) is 2.85. The lowest BCUT2D eigenvalue weighted by Gasteiger charge is -2.11. The summed E-state index contributed by atoms with van der Waals surface area (Å²) in [5, 5.41) is 4.68. The maximum Gasteiger partial charge on any atom is 0.387 e. The summed E-state index contributed by atoms with van der Waals surface area (Å²) in [6, 6.07) is 14.7. The topological polar surface area (TPSA) is 67.4 Å². The Kier molecular flexibility index (Phi) is 5.62. The minimum Gasteiger partial charge on any atom is -0.433 e. The van der Waals surface area contributed by atoms with Crippen molar-refractivity contribution in [3.8, 4) is 5.75 Å². The molecule has 0 spiro atoms. The van der Waals surface area contributed by atoms with Gasteiger partial charge in [-0.3, -0.25) is 9.59 Å². The van der Waals surface area contributed by atoms with Gasteiger partial charge >= 0.3 is 18.4 Å². The number of hydrogen-bond acceptors (Lipinski definition) is 3. The molecule has 2 N–H and O–H groups in total. The van der Waals surface area contributed by atoms with Gasteiger partial charge in [-0.15, -0.1) is 0 Å². The first-order chi connectivity index (χ1) is 11.1. The normalized spacial score (nSPS) is 10.2. The fourth-order valence-electron chi connectivity index (χ4n) is 1.81. The minimum absolute atomic E-state index is 0.00680. The third-order valence-corrected chi connectivity index (χ3v) is 2.85. The first-order valence-electron chi connectivity index (χ1n) is 6.73. The number of benzene rings is 2. The number of amides is 2. The number of ether oxygens (including phenoxy) is 1. The zero-order valence-corrected chi connectivity index (χ0v) is 12.0. The van der Waals surface area contributed by atoms with E-state index in [1.807, 2.05) is 6.07 Å². The van der Waals surface area contributed by atoms with Crippen LogP contribution in [0.15, 0.2) is 54.6 Å². The lowest BCUT2D eigenvalue weighted by molar-refractivity contribution is -0.136. The van der Waals surface area contributed by atoms with Gasteiger partial charge < -0.3 is 15.4 Å². The van der Waals surface area contributed by atoms with Crippen LogP contribution in [0, 0.1) is 0 Å². The maximum atomic E-state index is 12.3. The molecular formula is C16H14F2N2O3. The molecule has 5 nitrogen and oxygen atoms in total. The van der Waals surface area contributed by atoms with Crippen molar-refractivity contribution in [1.82, 2.24) is 5.32 Å². The lowest BCUT2D eigenvalue weighted by atomic mass is 10.2. The van der Waals surface area contributed by atoms with Crippen LogP contribution in [0.5, 0.6) is 5.75 Å². The zero-order valence-electron chi connectivity index (χ0n) is 12.0. The van der Waals surface area contributed by atoms with Gasteiger partial charge in [-0.2, -0.15) is 8.78 Å². The average molecular weight is 320 g/mol. The van der Waals surface area contributed by atoms with Crippen molar-refractivity contribution in [1.29, 1.82) is 0 Å². The van der Waals surface area contributed by atoms with Gasteiger partial charge in [0.05, 0.1) is 5.69 Å². The van der Waals surface area contributed by atoms with Gasteiger partial charge in [0.2, 0.25) is 0 Å². The number of para-hydroxylation sites is 2. The van der Waals surface area contributed by atoms with Gasteiger partial charge in [-0.25, -0.2) is 0 Å². The Morgan fingerprint density at radius 2 is 1.61 bits per heavy atom. The van der Waals surface area contributed by atoms with Crippen molar-refractivity contribution in [3.63, 3.8) is 0 Å². The molecule has 0 bridgehead atoms. The van der Waals surface area contributed by atoms with E-state index in [0.717, 1.165) is 5.56 Å². The smallest absolute Gasteiger partial charge is 0.387 e. The predicted octanol–water partition coefficient (Wildman–Crippen LogP) is 2.54. The second kappa shape index (κ2) is 7.88. The molecule has 0 aliphatic carbocycles. The van der Waals surface area contributed by atoms with E-state index in [4.69, 9.17) is 0 Å². The van der Waals surface area contributed by atoms with Crippen molar-refractivity contribution >= 4 is 17.5 Å². The fourth-order valence-corrected chi connectivity index (χ4v) is 1.81. The molecule has 0 saturated heterocycles. The minimum atomic E-state index is -3.03. The van der Waals surface area contributed by atoms with E-state index in [1.165, 1.54) is 24.3 Å². The van der Waals surface area contributed by atoms with Crippen LogP contribution in [0.1, 0.15) is 5.56 Å². The highest BCUT2D eigenvalue weighted by atomic mass is 19.3. The van der Waals surface area contributed by atoms with Crippen LogP contribution >= 0.6 is 0 Å². The summed E-state index contributed by atoms with van der Waals surface area (Å²) < 4.78 is 28.9. The monoisotopic (exact) mass is 320 g/mol. The molecule has 0 heterocycles. The number of hydrogen-bond donors (Lipinski definition) is 2. The van der Waals surface area contributed by atoms with Crippen LogP contribution in [0.3, 0.4) is 0 Å². The highest BCUT2D eigenvalue weighted by Crippen LogP contribution is 2.25. The summed E-state index contributed by atoms with van der Waals surface area (Å²) in [5.41, 5.74) is 0.822. The molecule has 2 aromatic rings. The van der Waals surface area contributed by atoms with Crippen molar-refractivity contribution in [2.75, 3.05) is 5.32 Å². The van der Waals surface area contributed by atoms with E-state index in [1.54, 1.807) is 24.3 Å². The largest absolute Gasteiger partial charge is 0.433 e. The second-order valence-corrected chi connectivity index (χ2v) is 4.50. The molecule has 0 aliphatic heterocycles. The average Bonchev–Trinajstić information content (AvgIpc) is 2.55. The first-order valence-corrected chi connectivity index (χ1v) is 6.73. The number of carbonyl (C=O) groups is 2. The van der Waals surface area contributed by atoms with E-state index >= 15 is 0 Å². The Morgan fingerprint density at radius 1 is 0.957 bits per heavy atom. The molecule has 0 aromatic heterocycles. The van der Waals surface area contributed by atoms with Gasteiger partial charge in [-0.1, -0.05) is 42.5 Å². The third kappa shape index (κ3) is 5.06. The number of nitrogens with one attached hydrogen (secondary N) is 2. The van der Waals surface area contributed by atoms with Gasteiger partial charge in [0, 0.05) is 6.54 Å². The van der Waals surface area contributed by atoms with E-state index < -0.39 is 18.4 Å². The molecular weight excluding hydrogens is 306 g/mol. The highest BCUT2D eigenvalue weighted by molar-refractivity contribution is 6.39. The number of anilines is 1. The molecule has 7 heteroatoms. The van der Waals surface area contributed by atoms with E-state index in [-0.39, 0.29) is 18.0 Å². The SMILES string of the molecule is O=C(NCc1ccccc1)C(=O)Nc1ccccc1OC(F)F. The summed E-state index contributed by atoms with van der Waals surface area (Å²) in [5.74, 6) is -2.06. The van der Waals surface area contributed by atoms with Gasteiger partial charge in [0.1, 0.15) is 5.75 Å². The molecule has 0 atom stereocenters. The Bertz CT molecular complexity index is 678. The van der Waals surface area contributed by atoms with Crippen LogP contribution in [-0.4, -0.2) is 18.4 Å². The number of carbonyl (C=O) groups excluding carboxylic acids is 2. The van der Waals surface area contributed by atoms with Crippen LogP contribution in [0.4, 0.5) is 14.5 Å². The quantitative estimate of drug-likeness (QED) is 0.832. The number of alkyl halides is 2. The molecule has 23 heavy (non-hydrogen) atoms. The molecule has 2 aromatic carbocycles. The lowest BCUT2D eigenvalue weighted by Crippen LogP contribution is -2.35. The Labute approximate surface area is 131 Å². The molecule has 0 unspecified atom stereocenters. The molecule has 0 saturated carbocycles. The van der Waals surface area contributed by atoms with E-state index in [0.29, 0.717) is 0 Å². The predicted molar refractivity (Wildman–Crippen MR) is 80.0 cm³/mol. The van der Waals surface area contributed by atoms with Crippen molar-refractivity contribution in [2.45, 2.75) is 13.2 Å². The summed E-state index contributed by atoms with van der Waals surface area (Å²) in [6.45, 7) is -2.85. The molecule has 0 radical (unpaired) electrons. The Balaban J connectivity index is 1.95. The Hall–Kier alpha value is -2.96. The number of rotatable bonds is 5. The summed E-state index contributed by atoms with van der Waals surface area (Å²) >= 11 is 0. The Morgan fingerprint density at radius 3 is 2.30 bits per heavy atom. The molecule has 2 rings (SSSR count). The van der Waals surface area contributed by atoms with Crippen molar-refractivity contribution in [3.05, 3.63) is 60.2 Å². The van der Waals surface area contributed by atoms with Crippen LogP contribution in [0.2, 0.25) is 0 Å². The molecule has 120 valence electrons. The van der Waals surface area contributed by atoms with Gasteiger partial charge in [-0.05, 0) is 17.7 Å². The van der Waals surface area contributed by atoms with E-state index in [2.05, 4.69) is 15.4 Å². The van der Waals surface area contributed by atoms with Crippen LogP contribution < -0.4 is 15.4 Å². The fraction of sp³-hybridized carbons (Fsp3) is 0.125. The zero-order chi connectivity index (χ0) is 16.7. The van der Waals surface area contributed by atoms with Gasteiger partial charge in [0.15, 0.2) is 0 Å². The number of halogens is 2. The molecule has 2 amide bonds. The van der Waals surface area contributed by atoms with Crippen molar-refractivity contribution in [2.24, 2.45) is 0 Å². The first kappa shape index (κ1) is 16.4. The second-order valence-electron chi connectivity index (χ2n) is 4.50. The van der Waals surface area contributed by atoms with Crippen molar-refractivity contribution < 1.29 is 23.1 Å². The standard InChI is InChI=1S/C16H14F2N2O3/c17-16(18)23-13-9-5-4-8-12(13)20-15(22)14(21)19-10-11-6-2-1-3-7-11/h1-9,16H,10H2,(H,19,21)(H,20,22). The summed E-state index contributed by atoms with van der Waals surface area (Å²) in [6.07, 6.45) is 0. The van der Waals surface area contributed by atoms with Crippen LogP contribution in [0.25, 0.3) is 0 Å². The summed E-state index contributed by atoms with van der Waals surface area (Å²) in [7, 11) is 0. The van der Waals surface area contributed by atoms with E-state index in [9.17, 15) is 18.4 Å². The summed E-state index contributed by atoms with van der Waals surface area (Å²) in [4.78, 5) is 23.5. The maximum absolute atomic E-state index is 12.3. The highest BCUT2D eigenvalue weighted by Gasteiger charge is 2.16. The van der Waals surface area contributed by atoms with Gasteiger partial charge in [0.25, 0.3) is 0 Å². The van der Waals surface area contributed by atoms with Crippen LogP contribution in [-0.2, 0) is 16.1 Å². The molecule has 0 fully saturated rings. The molecule has 0 aliphatic rings.